The van der Waals surface area contributed by atoms with Gasteiger partial charge < -0.3 is 9.73 Å². The quantitative estimate of drug-likeness (QED) is 0.151. The molecular weight excluding hydrogens is 510 g/mol. The van der Waals surface area contributed by atoms with E-state index in [4.69, 9.17) is 9.41 Å². The molecule has 0 spiro atoms. The highest BCUT2D eigenvalue weighted by atomic mass is 32.1. The Balaban J connectivity index is 1.48. The van der Waals surface area contributed by atoms with Crippen molar-refractivity contribution in [2.45, 2.75) is 47.0 Å². The Morgan fingerprint density at radius 3 is 2.64 bits per heavy atom. The second-order valence-electron chi connectivity index (χ2n) is 11.0. The number of amides is 1. The molecule has 1 aliphatic rings. The first kappa shape index (κ1) is 26.6. The smallest absolute Gasteiger partial charge is 0.280 e. The fourth-order valence-corrected chi connectivity index (χ4v) is 6.31. The van der Waals surface area contributed by atoms with Crippen LogP contribution in [-0.4, -0.2) is 17.0 Å². The number of nitro benzene ring substituents is 1. The van der Waals surface area contributed by atoms with Gasteiger partial charge in [0.15, 0.2) is 0 Å². The molecule has 0 bridgehead atoms. The highest BCUT2D eigenvalue weighted by Crippen LogP contribution is 2.45. The zero-order valence-corrected chi connectivity index (χ0v) is 23.3. The van der Waals surface area contributed by atoms with Gasteiger partial charge in [-0.25, -0.2) is 4.99 Å². The number of carbonyl (C=O) groups excluding carboxylic acids is 1. The third-order valence-electron chi connectivity index (χ3n) is 7.28. The Labute approximate surface area is 231 Å². The first-order valence-corrected chi connectivity index (χ1v) is 13.8. The Bertz CT molecular complexity index is 1560. The van der Waals surface area contributed by atoms with Crippen molar-refractivity contribution in [3.05, 3.63) is 98.1 Å². The number of fused-ring (bicyclic) bond motifs is 1. The van der Waals surface area contributed by atoms with E-state index >= 15 is 0 Å². The van der Waals surface area contributed by atoms with Gasteiger partial charge in [-0.3, -0.25) is 14.9 Å². The zero-order valence-electron chi connectivity index (χ0n) is 22.5. The van der Waals surface area contributed by atoms with Crippen LogP contribution in [0.4, 0.5) is 16.4 Å². The van der Waals surface area contributed by atoms with Crippen LogP contribution in [0.2, 0.25) is 0 Å². The highest BCUT2D eigenvalue weighted by Gasteiger charge is 2.33. The van der Waals surface area contributed by atoms with Crippen LogP contribution in [0.25, 0.3) is 11.3 Å². The number of para-hydroxylation sites is 1. The summed E-state index contributed by atoms with van der Waals surface area (Å²) in [6, 6.07) is 17.9. The van der Waals surface area contributed by atoms with Crippen LogP contribution in [0.5, 0.6) is 0 Å². The first-order chi connectivity index (χ1) is 18.6. The number of hydrogen-bond donors (Lipinski definition) is 1. The molecule has 1 N–H and O–H groups in total. The second kappa shape index (κ2) is 10.6. The number of furan rings is 1. The average Bonchev–Trinajstić information content (AvgIpc) is 3.51. The molecule has 2 aromatic carbocycles. The first-order valence-electron chi connectivity index (χ1n) is 13.0. The molecule has 8 heteroatoms. The largest absolute Gasteiger partial charge is 0.455 e. The van der Waals surface area contributed by atoms with Gasteiger partial charge in [-0.1, -0.05) is 45.0 Å². The summed E-state index contributed by atoms with van der Waals surface area (Å²) in [7, 11) is 0. The maximum Gasteiger partial charge on any atom is 0.280 e. The normalized spacial score (nSPS) is 15.3. The maximum atomic E-state index is 13.5. The molecule has 0 saturated heterocycles. The van der Waals surface area contributed by atoms with Gasteiger partial charge in [-0.15, -0.1) is 11.3 Å². The summed E-state index contributed by atoms with van der Waals surface area (Å²) in [5.41, 5.74) is 3.81. The summed E-state index contributed by atoms with van der Waals surface area (Å²) in [4.78, 5) is 30.6. The van der Waals surface area contributed by atoms with E-state index < -0.39 is 4.92 Å². The molecule has 0 fully saturated rings. The minimum atomic E-state index is -0.405. The lowest BCUT2D eigenvalue weighted by Crippen LogP contribution is -2.27. The van der Waals surface area contributed by atoms with E-state index in [0.29, 0.717) is 33.6 Å². The van der Waals surface area contributed by atoms with Crippen LogP contribution in [0.3, 0.4) is 0 Å². The van der Waals surface area contributed by atoms with E-state index in [2.05, 4.69) is 26.1 Å². The summed E-state index contributed by atoms with van der Waals surface area (Å²) in [6.45, 7) is 8.62. The summed E-state index contributed by atoms with van der Waals surface area (Å²) in [6.07, 6.45) is 4.37. The number of benzene rings is 2. The van der Waals surface area contributed by atoms with Crippen molar-refractivity contribution in [3.63, 3.8) is 0 Å². The molecule has 1 amide bonds. The van der Waals surface area contributed by atoms with E-state index in [1.807, 2.05) is 43.3 Å². The topological polar surface area (TPSA) is 97.7 Å². The van der Waals surface area contributed by atoms with Crippen molar-refractivity contribution >= 4 is 39.8 Å². The van der Waals surface area contributed by atoms with Gasteiger partial charge in [0.25, 0.3) is 11.6 Å². The lowest BCUT2D eigenvalue weighted by molar-refractivity contribution is -0.384. The van der Waals surface area contributed by atoms with Gasteiger partial charge in [0.2, 0.25) is 0 Å². The van der Waals surface area contributed by atoms with E-state index in [9.17, 15) is 14.9 Å². The molecule has 1 atom stereocenters. The Hall–Kier alpha value is -4.04. The molecule has 0 aliphatic heterocycles. The van der Waals surface area contributed by atoms with Crippen molar-refractivity contribution in [1.82, 2.24) is 0 Å². The highest BCUT2D eigenvalue weighted by molar-refractivity contribution is 7.16. The predicted octanol–water partition coefficient (Wildman–Crippen LogP) is 8.38. The summed E-state index contributed by atoms with van der Waals surface area (Å²) >= 11 is 1.56. The van der Waals surface area contributed by atoms with Crippen LogP contribution in [0, 0.1) is 28.4 Å². The van der Waals surface area contributed by atoms with Crippen LogP contribution in [0.15, 0.2) is 70.1 Å². The molecule has 5 rings (SSSR count). The van der Waals surface area contributed by atoms with Crippen molar-refractivity contribution in [3.8, 4) is 11.3 Å². The average molecular weight is 542 g/mol. The van der Waals surface area contributed by atoms with Crippen molar-refractivity contribution < 1.29 is 14.1 Å². The molecular formula is C31H31N3O4S. The van der Waals surface area contributed by atoms with Crippen molar-refractivity contribution in [2.24, 2.45) is 16.3 Å². The van der Waals surface area contributed by atoms with Gasteiger partial charge in [0.1, 0.15) is 16.5 Å². The number of anilines is 1. The second-order valence-corrected chi connectivity index (χ2v) is 12.1. The lowest BCUT2D eigenvalue weighted by atomic mass is 9.72. The molecule has 200 valence electrons. The fourth-order valence-electron chi connectivity index (χ4n) is 5.04. The standard InChI is InChI=1S/C31H31N3O4S/c1-19-10-13-23(25(16-19)34(36)37)26-15-12-22(38-26)18-32-30-28(29(35)33-21-8-6-5-7-9-21)24-14-11-20(31(2,3)4)17-27(24)39-30/h5-10,12-13,15-16,18,20H,11,14,17H2,1-4H3,(H,33,35)/t20-/m1/s1. The molecule has 39 heavy (non-hydrogen) atoms. The third kappa shape index (κ3) is 5.71. The minimum Gasteiger partial charge on any atom is -0.455 e. The van der Waals surface area contributed by atoms with Gasteiger partial charge in [-0.05, 0) is 79.0 Å². The number of rotatable bonds is 6. The van der Waals surface area contributed by atoms with Gasteiger partial charge in [0.05, 0.1) is 22.3 Å². The van der Waals surface area contributed by atoms with Crippen LogP contribution >= 0.6 is 11.3 Å². The summed E-state index contributed by atoms with van der Waals surface area (Å²) in [5, 5.41) is 15.2. The van der Waals surface area contributed by atoms with Crippen LogP contribution in [-0.2, 0) is 12.8 Å². The summed E-state index contributed by atoms with van der Waals surface area (Å²) in [5.74, 6) is 1.20. The fraction of sp³-hybridized carbons (Fsp3) is 0.290. The van der Waals surface area contributed by atoms with E-state index in [1.165, 1.54) is 10.9 Å². The Morgan fingerprint density at radius 2 is 1.92 bits per heavy atom. The molecule has 7 nitrogen and oxygen atoms in total. The number of nitro groups is 1. The number of aryl methyl sites for hydroxylation is 1. The van der Waals surface area contributed by atoms with Gasteiger partial charge in [0, 0.05) is 16.6 Å². The molecule has 1 aliphatic carbocycles. The maximum absolute atomic E-state index is 13.5. The summed E-state index contributed by atoms with van der Waals surface area (Å²) < 4.78 is 5.93. The predicted molar refractivity (Wildman–Crippen MR) is 156 cm³/mol. The van der Waals surface area contributed by atoms with Gasteiger partial charge >= 0.3 is 0 Å². The zero-order chi connectivity index (χ0) is 27.7. The number of thiophene rings is 1. The molecule has 0 radical (unpaired) electrons. The van der Waals surface area contributed by atoms with Gasteiger partial charge in [-0.2, -0.15) is 0 Å². The molecule has 4 aromatic rings. The number of nitrogens with zero attached hydrogens (tertiary/aromatic N) is 2. The molecule has 2 heterocycles. The SMILES string of the molecule is Cc1ccc(-c2ccc(C=Nc3sc4c(c3C(=O)Nc3ccccc3)CC[C@@H](C(C)(C)C)C4)o2)c([N+](=O)[O-])c1. The number of carbonyl (C=O) groups is 1. The van der Waals surface area contributed by atoms with E-state index in [1.54, 1.807) is 35.8 Å². The third-order valence-corrected chi connectivity index (χ3v) is 8.44. The molecule has 0 saturated carbocycles. The Morgan fingerprint density at radius 1 is 1.15 bits per heavy atom. The number of aliphatic imine (C=N–C) groups is 1. The van der Waals surface area contributed by atoms with Crippen LogP contribution < -0.4 is 5.32 Å². The van der Waals surface area contributed by atoms with E-state index in [-0.39, 0.29) is 17.0 Å². The van der Waals surface area contributed by atoms with E-state index in [0.717, 1.165) is 36.1 Å². The lowest BCUT2D eigenvalue weighted by Gasteiger charge is -2.33. The monoisotopic (exact) mass is 541 g/mol. The molecule has 0 unspecified atom stereocenters. The van der Waals surface area contributed by atoms with Crippen molar-refractivity contribution in [2.75, 3.05) is 5.32 Å². The molecule has 2 aromatic heterocycles. The Kier molecular flexibility index (Phi) is 7.23. The minimum absolute atomic E-state index is 0.00737. The van der Waals surface area contributed by atoms with Crippen molar-refractivity contribution in [1.29, 1.82) is 0 Å². The van der Waals surface area contributed by atoms with Crippen LogP contribution in [0.1, 0.15) is 59.3 Å². The number of nitrogens with one attached hydrogen (secondary N) is 1. The number of hydrogen-bond acceptors (Lipinski definition) is 6.